The van der Waals surface area contributed by atoms with Gasteiger partial charge in [0.15, 0.2) is 6.29 Å². The van der Waals surface area contributed by atoms with E-state index < -0.39 is 0 Å². The van der Waals surface area contributed by atoms with Gasteiger partial charge in [0.2, 0.25) is 0 Å². The summed E-state index contributed by atoms with van der Waals surface area (Å²) in [5, 5.41) is 0. The van der Waals surface area contributed by atoms with Crippen LogP contribution in [0.3, 0.4) is 0 Å². The van der Waals surface area contributed by atoms with Crippen LogP contribution in [-0.2, 0) is 6.42 Å². The van der Waals surface area contributed by atoms with Crippen molar-refractivity contribution >= 4 is 6.29 Å². The van der Waals surface area contributed by atoms with Crippen LogP contribution in [0.15, 0.2) is 30.3 Å². The fraction of sp³-hybridized carbons (Fsp3) is 0.278. The summed E-state index contributed by atoms with van der Waals surface area (Å²) in [5.41, 5.74) is 7.80. The average molecular weight is 252 g/mol. The summed E-state index contributed by atoms with van der Waals surface area (Å²) in [5.74, 6) is 0. The summed E-state index contributed by atoms with van der Waals surface area (Å²) in [4.78, 5) is 11.5. The van der Waals surface area contributed by atoms with E-state index in [0.29, 0.717) is 0 Å². The molecule has 98 valence electrons. The Morgan fingerprint density at radius 3 is 2.16 bits per heavy atom. The quantitative estimate of drug-likeness (QED) is 0.726. The molecule has 0 aliphatic rings. The molecule has 1 nitrogen and oxygen atoms in total. The van der Waals surface area contributed by atoms with Gasteiger partial charge in [0.25, 0.3) is 0 Å². The van der Waals surface area contributed by atoms with Gasteiger partial charge in [-0.25, -0.2) is 0 Å². The molecule has 0 heterocycles. The number of hydrogen-bond acceptors (Lipinski definition) is 1. The second kappa shape index (κ2) is 5.40. The third-order valence-corrected chi connectivity index (χ3v) is 3.66. The van der Waals surface area contributed by atoms with Crippen LogP contribution < -0.4 is 0 Å². The number of carbonyl (C=O) groups is 1. The zero-order valence-corrected chi connectivity index (χ0v) is 12.1. The van der Waals surface area contributed by atoms with Gasteiger partial charge >= 0.3 is 0 Å². The summed E-state index contributed by atoms with van der Waals surface area (Å²) >= 11 is 0. The molecule has 2 aromatic rings. The van der Waals surface area contributed by atoms with E-state index in [1.165, 1.54) is 16.7 Å². The SMILES string of the molecule is CCc1ccc(-c2cc(C)cc(C)c2)c(C=O)c1C. The van der Waals surface area contributed by atoms with Crippen LogP contribution in [0.2, 0.25) is 0 Å². The van der Waals surface area contributed by atoms with E-state index >= 15 is 0 Å². The van der Waals surface area contributed by atoms with Crippen LogP contribution in [-0.4, -0.2) is 6.29 Å². The molecule has 0 spiro atoms. The minimum Gasteiger partial charge on any atom is -0.298 e. The van der Waals surface area contributed by atoms with E-state index in [1.807, 2.05) is 6.92 Å². The Hall–Kier alpha value is -1.89. The fourth-order valence-electron chi connectivity index (χ4n) is 2.69. The lowest BCUT2D eigenvalue weighted by atomic mass is 9.91. The van der Waals surface area contributed by atoms with Gasteiger partial charge < -0.3 is 0 Å². The maximum Gasteiger partial charge on any atom is 0.150 e. The van der Waals surface area contributed by atoms with E-state index in [-0.39, 0.29) is 0 Å². The van der Waals surface area contributed by atoms with Crippen molar-refractivity contribution in [2.75, 3.05) is 0 Å². The molecule has 0 unspecified atom stereocenters. The Bertz CT molecular complexity index is 604. The highest BCUT2D eigenvalue weighted by molar-refractivity contribution is 5.90. The molecule has 0 saturated carbocycles. The van der Waals surface area contributed by atoms with Crippen LogP contribution >= 0.6 is 0 Å². The highest BCUT2D eigenvalue weighted by Gasteiger charge is 2.10. The molecule has 0 N–H and O–H groups in total. The topological polar surface area (TPSA) is 17.1 Å². The lowest BCUT2D eigenvalue weighted by Gasteiger charge is -2.13. The number of carbonyl (C=O) groups excluding carboxylic acids is 1. The van der Waals surface area contributed by atoms with Crippen LogP contribution in [0.1, 0.15) is 39.5 Å². The first-order valence-electron chi connectivity index (χ1n) is 6.73. The molecule has 19 heavy (non-hydrogen) atoms. The Balaban J connectivity index is 2.68. The van der Waals surface area contributed by atoms with Crippen molar-refractivity contribution in [3.8, 4) is 11.1 Å². The Morgan fingerprint density at radius 2 is 1.63 bits per heavy atom. The largest absolute Gasteiger partial charge is 0.298 e. The lowest BCUT2D eigenvalue weighted by Crippen LogP contribution is -1.97. The summed E-state index contributed by atoms with van der Waals surface area (Å²) in [6.45, 7) is 8.33. The van der Waals surface area contributed by atoms with Crippen molar-refractivity contribution in [2.24, 2.45) is 0 Å². The molecule has 0 fully saturated rings. The normalized spacial score (nSPS) is 10.5. The zero-order valence-electron chi connectivity index (χ0n) is 12.1. The summed E-state index contributed by atoms with van der Waals surface area (Å²) in [6.07, 6.45) is 1.95. The van der Waals surface area contributed by atoms with Gasteiger partial charge in [-0.15, -0.1) is 0 Å². The van der Waals surface area contributed by atoms with Gasteiger partial charge in [-0.05, 0) is 49.4 Å². The van der Waals surface area contributed by atoms with Crippen molar-refractivity contribution < 1.29 is 4.79 Å². The maximum atomic E-state index is 11.5. The summed E-state index contributed by atoms with van der Waals surface area (Å²) in [6, 6.07) is 10.6. The molecule has 0 radical (unpaired) electrons. The van der Waals surface area contributed by atoms with Gasteiger partial charge in [0.05, 0.1) is 0 Å². The molecule has 0 aromatic heterocycles. The Kier molecular flexibility index (Phi) is 3.84. The first-order valence-corrected chi connectivity index (χ1v) is 6.73. The van der Waals surface area contributed by atoms with Crippen molar-refractivity contribution in [3.05, 3.63) is 58.1 Å². The van der Waals surface area contributed by atoms with Crippen molar-refractivity contribution in [3.63, 3.8) is 0 Å². The molecule has 0 aliphatic carbocycles. The van der Waals surface area contributed by atoms with Crippen molar-refractivity contribution in [1.82, 2.24) is 0 Å². The standard InChI is InChI=1S/C18H20O/c1-5-15-6-7-17(18(11-19)14(15)4)16-9-12(2)8-13(3)10-16/h6-11H,5H2,1-4H3. The van der Waals surface area contributed by atoms with Gasteiger partial charge in [0.1, 0.15) is 0 Å². The minimum absolute atomic E-state index is 0.823. The first kappa shape index (κ1) is 13.5. The summed E-state index contributed by atoms with van der Waals surface area (Å²) in [7, 11) is 0. The van der Waals surface area contributed by atoms with E-state index in [2.05, 4.69) is 51.1 Å². The van der Waals surface area contributed by atoms with Crippen LogP contribution in [0.25, 0.3) is 11.1 Å². The number of aldehydes is 1. The predicted molar refractivity (Wildman–Crippen MR) is 80.9 cm³/mol. The second-order valence-corrected chi connectivity index (χ2v) is 5.16. The molecular formula is C18H20O. The molecular weight excluding hydrogens is 232 g/mol. The molecule has 0 saturated heterocycles. The third-order valence-electron chi connectivity index (χ3n) is 3.66. The molecule has 2 aromatic carbocycles. The first-order chi connectivity index (χ1) is 9.06. The number of benzene rings is 2. The number of aryl methyl sites for hydroxylation is 3. The molecule has 0 bridgehead atoms. The van der Waals surface area contributed by atoms with Crippen LogP contribution in [0.4, 0.5) is 0 Å². The fourth-order valence-corrected chi connectivity index (χ4v) is 2.69. The van der Waals surface area contributed by atoms with Crippen molar-refractivity contribution in [1.29, 1.82) is 0 Å². The highest BCUT2D eigenvalue weighted by atomic mass is 16.1. The zero-order chi connectivity index (χ0) is 14.0. The molecule has 0 aliphatic heterocycles. The number of hydrogen-bond donors (Lipinski definition) is 0. The van der Waals surface area contributed by atoms with Gasteiger partial charge in [-0.2, -0.15) is 0 Å². The molecule has 1 heteroatoms. The Labute approximate surface area is 115 Å². The molecule has 0 atom stereocenters. The van der Waals surface area contributed by atoms with Crippen LogP contribution in [0, 0.1) is 20.8 Å². The van der Waals surface area contributed by atoms with E-state index in [0.717, 1.165) is 35.0 Å². The highest BCUT2D eigenvalue weighted by Crippen LogP contribution is 2.28. The van der Waals surface area contributed by atoms with Gasteiger partial charge in [-0.1, -0.05) is 48.4 Å². The lowest BCUT2D eigenvalue weighted by molar-refractivity contribution is 0.112. The second-order valence-electron chi connectivity index (χ2n) is 5.16. The summed E-state index contributed by atoms with van der Waals surface area (Å²) < 4.78 is 0. The van der Waals surface area contributed by atoms with Gasteiger partial charge in [0, 0.05) is 5.56 Å². The smallest absolute Gasteiger partial charge is 0.150 e. The van der Waals surface area contributed by atoms with E-state index in [9.17, 15) is 4.79 Å². The molecule has 0 amide bonds. The average Bonchev–Trinajstić information content (AvgIpc) is 2.37. The van der Waals surface area contributed by atoms with Gasteiger partial charge in [-0.3, -0.25) is 4.79 Å². The van der Waals surface area contributed by atoms with E-state index in [1.54, 1.807) is 0 Å². The molecule has 2 rings (SSSR count). The Morgan fingerprint density at radius 1 is 1.00 bits per heavy atom. The van der Waals surface area contributed by atoms with Crippen LogP contribution in [0.5, 0.6) is 0 Å². The monoisotopic (exact) mass is 252 g/mol. The third kappa shape index (κ3) is 2.60. The maximum absolute atomic E-state index is 11.5. The van der Waals surface area contributed by atoms with E-state index in [4.69, 9.17) is 0 Å². The number of rotatable bonds is 3. The minimum atomic E-state index is 0.823. The predicted octanol–water partition coefficient (Wildman–Crippen LogP) is 4.65. The van der Waals surface area contributed by atoms with Crippen molar-refractivity contribution in [2.45, 2.75) is 34.1 Å².